The van der Waals surface area contributed by atoms with Crippen LogP contribution in [0.1, 0.15) is 6.42 Å². The summed E-state index contributed by atoms with van der Waals surface area (Å²) in [6.07, 6.45) is 0.999. The lowest BCUT2D eigenvalue weighted by Gasteiger charge is -2.15. The highest BCUT2D eigenvalue weighted by Gasteiger charge is 2.23. The van der Waals surface area contributed by atoms with Crippen molar-refractivity contribution < 1.29 is 13.5 Å². The molecule has 1 saturated heterocycles. The van der Waals surface area contributed by atoms with Gasteiger partial charge in [0.1, 0.15) is 24.0 Å². The topological polar surface area (TPSA) is 47.3 Å². The Bertz CT molecular complexity index is 905. The van der Waals surface area contributed by atoms with Crippen molar-refractivity contribution in [3.8, 4) is 28.0 Å². The zero-order valence-corrected chi connectivity index (χ0v) is 18.5. The van der Waals surface area contributed by atoms with Crippen molar-refractivity contribution in [3.63, 3.8) is 0 Å². The zero-order chi connectivity index (χ0) is 20.2. The minimum absolute atomic E-state index is 0. The summed E-state index contributed by atoms with van der Waals surface area (Å²) in [6.45, 7) is 2.14. The van der Waals surface area contributed by atoms with E-state index < -0.39 is 0 Å². The molecule has 0 bridgehead atoms. The Hall–Kier alpha value is -2.18. The summed E-state index contributed by atoms with van der Waals surface area (Å²) < 4.78 is 32.8. The first-order valence-corrected chi connectivity index (χ1v) is 9.84. The van der Waals surface area contributed by atoms with Crippen molar-refractivity contribution in [1.29, 1.82) is 0 Å². The van der Waals surface area contributed by atoms with Crippen molar-refractivity contribution in [2.24, 2.45) is 11.7 Å². The van der Waals surface area contributed by atoms with E-state index in [0.717, 1.165) is 41.0 Å². The van der Waals surface area contributed by atoms with Crippen molar-refractivity contribution in [1.82, 2.24) is 5.32 Å². The lowest BCUT2D eigenvalue weighted by atomic mass is 9.98. The Morgan fingerprint density at radius 3 is 1.77 bits per heavy atom. The summed E-state index contributed by atoms with van der Waals surface area (Å²) in [4.78, 5) is 0. The summed E-state index contributed by atoms with van der Waals surface area (Å²) in [7, 11) is 0. The van der Waals surface area contributed by atoms with Crippen LogP contribution in [0, 0.1) is 17.6 Å². The average molecular weight is 467 g/mol. The van der Waals surface area contributed by atoms with Crippen LogP contribution in [-0.4, -0.2) is 25.7 Å². The van der Waals surface area contributed by atoms with E-state index in [0.29, 0.717) is 19.1 Å². The van der Waals surface area contributed by atoms with E-state index >= 15 is 0 Å². The van der Waals surface area contributed by atoms with Crippen LogP contribution < -0.4 is 15.8 Å². The van der Waals surface area contributed by atoms with Gasteiger partial charge in [-0.15, -0.1) is 24.8 Å². The van der Waals surface area contributed by atoms with E-state index in [1.807, 2.05) is 18.2 Å². The van der Waals surface area contributed by atoms with Crippen LogP contribution in [0.2, 0.25) is 0 Å². The Morgan fingerprint density at radius 1 is 0.806 bits per heavy atom. The number of hydrogen-bond acceptors (Lipinski definition) is 3. The number of benzene rings is 3. The van der Waals surface area contributed by atoms with E-state index in [2.05, 4.69) is 5.32 Å². The highest BCUT2D eigenvalue weighted by Crippen LogP contribution is 2.32. The van der Waals surface area contributed by atoms with Crippen LogP contribution >= 0.6 is 24.8 Å². The molecule has 0 aliphatic carbocycles. The van der Waals surface area contributed by atoms with Gasteiger partial charge in [-0.1, -0.05) is 24.3 Å². The van der Waals surface area contributed by atoms with Gasteiger partial charge < -0.3 is 15.8 Å². The third kappa shape index (κ3) is 6.40. The molecule has 7 heteroatoms. The van der Waals surface area contributed by atoms with Gasteiger partial charge in [0.25, 0.3) is 0 Å². The molecule has 0 saturated carbocycles. The standard InChI is InChI=1S/C24H24F2N2O.2ClH/c25-21-5-1-17(2-6-21)19-10-20(18-3-7-22(26)8-4-18)12-24(11-19)29-15-23-9-16(13-27)14-28-23;;/h1-8,10-12,16,23,28H,9,13-15,27H2;2*1H/t16-,23+;;/m1../s1. The highest BCUT2D eigenvalue weighted by molar-refractivity contribution is 5.85. The first-order valence-electron chi connectivity index (χ1n) is 9.84. The highest BCUT2D eigenvalue weighted by atomic mass is 35.5. The maximum atomic E-state index is 13.3. The van der Waals surface area contributed by atoms with Gasteiger partial charge in [-0.2, -0.15) is 0 Å². The Balaban J connectivity index is 0.00000171. The van der Waals surface area contributed by atoms with Crippen molar-refractivity contribution in [3.05, 3.63) is 78.4 Å². The zero-order valence-electron chi connectivity index (χ0n) is 16.9. The normalized spacial score (nSPS) is 17.5. The number of rotatable bonds is 6. The fourth-order valence-electron chi connectivity index (χ4n) is 3.71. The third-order valence-electron chi connectivity index (χ3n) is 5.36. The van der Waals surface area contributed by atoms with Gasteiger partial charge in [0.05, 0.1) is 0 Å². The molecule has 0 unspecified atom stereocenters. The van der Waals surface area contributed by atoms with Crippen molar-refractivity contribution in [2.45, 2.75) is 12.5 Å². The van der Waals surface area contributed by atoms with E-state index in [1.54, 1.807) is 24.3 Å². The predicted molar refractivity (Wildman–Crippen MR) is 126 cm³/mol. The molecule has 1 heterocycles. The van der Waals surface area contributed by atoms with E-state index in [4.69, 9.17) is 10.5 Å². The molecule has 0 spiro atoms. The fraction of sp³-hybridized carbons (Fsp3) is 0.250. The molecule has 0 amide bonds. The first-order chi connectivity index (χ1) is 14.1. The van der Waals surface area contributed by atoms with Gasteiger partial charge in [0.2, 0.25) is 0 Å². The second-order valence-corrected chi connectivity index (χ2v) is 7.51. The van der Waals surface area contributed by atoms with Gasteiger partial charge in [0, 0.05) is 6.04 Å². The van der Waals surface area contributed by atoms with Crippen LogP contribution in [0.3, 0.4) is 0 Å². The summed E-state index contributed by atoms with van der Waals surface area (Å²) in [5.74, 6) is 0.663. The average Bonchev–Trinajstić information content (AvgIpc) is 3.21. The second kappa shape index (κ2) is 11.4. The van der Waals surface area contributed by atoms with E-state index in [-0.39, 0.29) is 42.5 Å². The lowest BCUT2D eigenvalue weighted by molar-refractivity contribution is 0.275. The Morgan fingerprint density at radius 2 is 1.32 bits per heavy atom. The molecule has 1 aliphatic rings. The summed E-state index contributed by atoms with van der Waals surface area (Å²) in [5.41, 5.74) is 9.38. The third-order valence-corrected chi connectivity index (χ3v) is 5.36. The number of nitrogens with one attached hydrogen (secondary N) is 1. The van der Waals surface area contributed by atoms with Gasteiger partial charge in [-0.05, 0) is 90.1 Å². The molecule has 31 heavy (non-hydrogen) atoms. The monoisotopic (exact) mass is 466 g/mol. The van der Waals surface area contributed by atoms with Crippen molar-refractivity contribution in [2.75, 3.05) is 19.7 Å². The number of ether oxygens (including phenoxy) is 1. The van der Waals surface area contributed by atoms with Gasteiger partial charge in [0.15, 0.2) is 0 Å². The number of nitrogens with two attached hydrogens (primary N) is 1. The number of halogens is 4. The van der Waals surface area contributed by atoms with Crippen LogP contribution in [-0.2, 0) is 0 Å². The number of hydrogen-bond donors (Lipinski definition) is 2. The maximum absolute atomic E-state index is 13.3. The lowest BCUT2D eigenvalue weighted by Crippen LogP contribution is -2.28. The molecule has 1 aliphatic heterocycles. The molecule has 0 radical (unpaired) electrons. The molecular weight excluding hydrogens is 441 g/mol. The van der Waals surface area contributed by atoms with E-state index in [1.165, 1.54) is 24.3 Å². The second-order valence-electron chi connectivity index (χ2n) is 7.51. The SMILES string of the molecule is Cl.Cl.NC[C@@H]1CN[C@H](COc2cc(-c3ccc(F)cc3)cc(-c3ccc(F)cc3)c2)C1. The van der Waals surface area contributed by atoms with E-state index in [9.17, 15) is 8.78 Å². The molecular formula is C24H26Cl2F2N2O. The van der Waals surface area contributed by atoms with Crippen LogP contribution in [0.4, 0.5) is 8.78 Å². The molecule has 1 fully saturated rings. The minimum Gasteiger partial charge on any atom is -0.492 e. The van der Waals surface area contributed by atoms with Gasteiger partial charge in [-0.25, -0.2) is 8.78 Å². The molecule has 0 aromatic heterocycles. The molecule has 3 aromatic carbocycles. The van der Waals surface area contributed by atoms with Crippen LogP contribution in [0.25, 0.3) is 22.3 Å². The molecule has 4 rings (SSSR count). The molecule has 3 aromatic rings. The Labute approximate surface area is 193 Å². The molecule has 2 atom stereocenters. The fourth-order valence-corrected chi connectivity index (χ4v) is 3.71. The van der Waals surface area contributed by atoms with Crippen molar-refractivity contribution >= 4 is 24.8 Å². The summed E-state index contributed by atoms with van der Waals surface area (Å²) in [5, 5.41) is 3.44. The smallest absolute Gasteiger partial charge is 0.123 e. The first kappa shape index (κ1) is 25.1. The minimum atomic E-state index is -0.276. The quantitative estimate of drug-likeness (QED) is 0.507. The maximum Gasteiger partial charge on any atom is 0.123 e. The molecule has 166 valence electrons. The predicted octanol–water partition coefficient (Wildman–Crippen LogP) is 5.46. The van der Waals surface area contributed by atoms with Crippen LogP contribution in [0.15, 0.2) is 66.7 Å². The summed E-state index contributed by atoms with van der Waals surface area (Å²) >= 11 is 0. The van der Waals surface area contributed by atoms with Crippen LogP contribution in [0.5, 0.6) is 5.75 Å². The largest absolute Gasteiger partial charge is 0.492 e. The summed E-state index contributed by atoms with van der Waals surface area (Å²) in [6, 6.07) is 18.9. The Kier molecular flexibility index (Phi) is 9.26. The molecule has 3 N–H and O–H groups in total. The van der Waals surface area contributed by atoms with Gasteiger partial charge >= 0.3 is 0 Å². The van der Waals surface area contributed by atoms with Gasteiger partial charge in [-0.3, -0.25) is 0 Å². The molecule has 3 nitrogen and oxygen atoms in total.